The molecule has 0 bridgehead atoms. The lowest BCUT2D eigenvalue weighted by Crippen LogP contribution is -2.20. The van der Waals surface area contributed by atoms with E-state index in [4.69, 9.17) is 13.9 Å². The van der Waals surface area contributed by atoms with E-state index in [9.17, 15) is 14.4 Å². The third-order valence-electron chi connectivity index (χ3n) is 4.03. The SMILES string of the molecule is CCOC(=O)CCc1c(C)c2ccc(OC(C)C(C)=O)cc2oc1=O. The number of ether oxygens (including phenoxy) is 2. The molecule has 1 atom stereocenters. The molecule has 1 heterocycles. The summed E-state index contributed by atoms with van der Waals surface area (Å²) in [6.07, 6.45) is -0.181. The fraction of sp³-hybridized carbons (Fsp3) is 0.421. The van der Waals surface area contributed by atoms with Crippen molar-refractivity contribution in [3.8, 4) is 5.75 Å². The lowest BCUT2D eigenvalue weighted by atomic mass is 10.0. The Hall–Kier alpha value is -2.63. The molecule has 1 aromatic heterocycles. The molecule has 0 radical (unpaired) electrons. The standard InChI is InChI=1S/C19H22O6/c1-5-23-18(21)9-8-16-11(2)15-7-6-14(24-13(4)12(3)20)10-17(15)25-19(16)22/h6-7,10,13H,5,8-9H2,1-4H3. The van der Waals surface area contributed by atoms with Gasteiger partial charge in [0.25, 0.3) is 0 Å². The number of Topliss-reactive ketones (excluding diaryl/α,β-unsaturated/α-hetero) is 1. The van der Waals surface area contributed by atoms with Crippen molar-refractivity contribution in [2.24, 2.45) is 0 Å². The van der Waals surface area contributed by atoms with Crippen LogP contribution in [-0.2, 0) is 20.7 Å². The number of rotatable bonds is 7. The second kappa shape index (κ2) is 7.96. The molecule has 0 N–H and O–H groups in total. The molecule has 0 amide bonds. The summed E-state index contributed by atoms with van der Waals surface area (Å²) in [4.78, 5) is 35.1. The summed E-state index contributed by atoms with van der Waals surface area (Å²) >= 11 is 0. The highest BCUT2D eigenvalue weighted by molar-refractivity contribution is 5.83. The molecule has 0 saturated heterocycles. The summed E-state index contributed by atoms with van der Waals surface area (Å²) in [5.74, 6) is 0.0208. The van der Waals surface area contributed by atoms with Crippen LogP contribution in [0.5, 0.6) is 5.75 Å². The van der Waals surface area contributed by atoms with Gasteiger partial charge in [-0.2, -0.15) is 0 Å². The van der Waals surface area contributed by atoms with E-state index in [2.05, 4.69) is 0 Å². The topological polar surface area (TPSA) is 82.8 Å². The summed E-state index contributed by atoms with van der Waals surface area (Å²) in [5, 5.41) is 0.765. The normalized spacial score (nSPS) is 12.0. The number of carbonyl (C=O) groups is 2. The van der Waals surface area contributed by atoms with Crippen molar-refractivity contribution in [2.75, 3.05) is 6.61 Å². The van der Waals surface area contributed by atoms with E-state index in [0.717, 1.165) is 10.9 Å². The van der Waals surface area contributed by atoms with Crippen LogP contribution >= 0.6 is 0 Å². The maximum atomic E-state index is 12.3. The first-order chi connectivity index (χ1) is 11.8. The quantitative estimate of drug-likeness (QED) is 0.566. The summed E-state index contributed by atoms with van der Waals surface area (Å²) in [6, 6.07) is 5.10. The molecule has 25 heavy (non-hydrogen) atoms. The van der Waals surface area contributed by atoms with Crippen LogP contribution in [0.15, 0.2) is 27.4 Å². The fourth-order valence-electron chi connectivity index (χ4n) is 2.48. The molecule has 134 valence electrons. The molecule has 0 aliphatic carbocycles. The van der Waals surface area contributed by atoms with Crippen molar-refractivity contribution in [3.05, 3.63) is 39.7 Å². The minimum atomic E-state index is -0.575. The molecular formula is C19H22O6. The number of carbonyl (C=O) groups excluding carboxylic acids is 2. The van der Waals surface area contributed by atoms with Crippen molar-refractivity contribution in [1.82, 2.24) is 0 Å². The second-order valence-electron chi connectivity index (χ2n) is 5.83. The van der Waals surface area contributed by atoms with Gasteiger partial charge >= 0.3 is 11.6 Å². The molecule has 6 nitrogen and oxygen atoms in total. The highest BCUT2D eigenvalue weighted by Gasteiger charge is 2.15. The van der Waals surface area contributed by atoms with Crippen molar-refractivity contribution in [1.29, 1.82) is 0 Å². The van der Waals surface area contributed by atoms with E-state index in [1.807, 2.05) is 6.92 Å². The Bertz CT molecular complexity index is 849. The maximum absolute atomic E-state index is 12.3. The van der Waals surface area contributed by atoms with Crippen molar-refractivity contribution in [2.45, 2.75) is 46.6 Å². The van der Waals surface area contributed by atoms with E-state index in [-0.39, 0.29) is 24.6 Å². The zero-order chi connectivity index (χ0) is 18.6. The molecule has 0 aliphatic heterocycles. The Balaban J connectivity index is 2.31. The average molecular weight is 346 g/mol. The molecule has 1 unspecified atom stereocenters. The third kappa shape index (κ3) is 4.47. The Morgan fingerprint density at radius 3 is 2.64 bits per heavy atom. The molecular weight excluding hydrogens is 324 g/mol. The highest BCUT2D eigenvalue weighted by atomic mass is 16.5. The number of esters is 1. The van der Waals surface area contributed by atoms with E-state index in [0.29, 0.717) is 23.5 Å². The van der Waals surface area contributed by atoms with Gasteiger partial charge in [0.2, 0.25) is 0 Å². The predicted molar refractivity (Wildman–Crippen MR) is 92.9 cm³/mol. The minimum Gasteiger partial charge on any atom is -0.483 e. The van der Waals surface area contributed by atoms with Gasteiger partial charge in [0.05, 0.1) is 6.61 Å². The first kappa shape index (κ1) is 18.7. The summed E-state index contributed by atoms with van der Waals surface area (Å²) in [7, 11) is 0. The third-order valence-corrected chi connectivity index (χ3v) is 4.03. The van der Waals surface area contributed by atoms with Crippen LogP contribution in [-0.4, -0.2) is 24.5 Å². The molecule has 6 heteroatoms. The minimum absolute atomic E-state index is 0.0907. The first-order valence-corrected chi connectivity index (χ1v) is 8.22. The zero-order valence-electron chi connectivity index (χ0n) is 14.9. The molecule has 0 aliphatic rings. The Kier molecular flexibility index (Phi) is 5.96. The molecule has 2 aromatic rings. The summed E-state index contributed by atoms with van der Waals surface area (Å²) < 4.78 is 15.8. The van der Waals surface area contributed by atoms with Gasteiger partial charge in [0.15, 0.2) is 11.9 Å². The van der Waals surface area contributed by atoms with E-state index >= 15 is 0 Å². The van der Waals surface area contributed by atoms with Gasteiger partial charge in [-0.25, -0.2) is 4.79 Å². The smallest absolute Gasteiger partial charge is 0.339 e. The van der Waals surface area contributed by atoms with Gasteiger partial charge in [-0.1, -0.05) is 0 Å². The molecule has 1 aromatic carbocycles. The number of benzene rings is 1. The number of ketones is 1. The van der Waals surface area contributed by atoms with Crippen LogP contribution in [0.3, 0.4) is 0 Å². The number of hydrogen-bond donors (Lipinski definition) is 0. The molecule has 0 fully saturated rings. The van der Waals surface area contributed by atoms with E-state index in [1.165, 1.54) is 6.92 Å². The number of aryl methyl sites for hydroxylation is 1. The lowest BCUT2D eigenvalue weighted by molar-refractivity contribution is -0.143. The average Bonchev–Trinajstić information content (AvgIpc) is 2.54. The largest absolute Gasteiger partial charge is 0.483 e. The van der Waals surface area contributed by atoms with Crippen molar-refractivity contribution >= 4 is 22.7 Å². The number of hydrogen-bond acceptors (Lipinski definition) is 6. The van der Waals surface area contributed by atoms with Gasteiger partial charge in [-0.3, -0.25) is 9.59 Å². The second-order valence-corrected chi connectivity index (χ2v) is 5.83. The van der Waals surface area contributed by atoms with Crippen LogP contribution in [0.2, 0.25) is 0 Å². The van der Waals surface area contributed by atoms with Crippen molar-refractivity contribution in [3.63, 3.8) is 0 Å². The lowest BCUT2D eigenvalue weighted by Gasteiger charge is -2.13. The van der Waals surface area contributed by atoms with Crippen LogP contribution in [0.25, 0.3) is 11.0 Å². The van der Waals surface area contributed by atoms with Gasteiger partial charge in [-0.05, 0) is 51.8 Å². The van der Waals surface area contributed by atoms with Gasteiger partial charge in [0.1, 0.15) is 11.3 Å². The van der Waals surface area contributed by atoms with Gasteiger partial charge in [-0.15, -0.1) is 0 Å². The Morgan fingerprint density at radius 1 is 1.28 bits per heavy atom. The molecule has 0 spiro atoms. The molecule has 0 saturated carbocycles. The van der Waals surface area contributed by atoms with Crippen LogP contribution in [0.1, 0.15) is 38.3 Å². The van der Waals surface area contributed by atoms with Crippen molar-refractivity contribution < 1.29 is 23.5 Å². The summed E-state index contributed by atoms with van der Waals surface area (Å²) in [6.45, 7) is 6.97. The highest BCUT2D eigenvalue weighted by Crippen LogP contribution is 2.25. The molecule has 2 rings (SSSR count). The Morgan fingerprint density at radius 2 is 2.00 bits per heavy atom. The van der Waals surface area contributed by atoms with Gasteiger partial charge < -0.3 is 13.9 Å². The zero-order valence-corrected chi connectivity index (χ0v) is 14.9. The van der Waals surface area contributed by atoms with Crippen LogP contribution < -0.4 is 10.4 Å². The van der Waals surface area contributed by atoms with Crippen LogP contribution in [0.4, 0.5) is 0 Å². The monoisotopic (exact) mass is 346 g/mol. The van der Waals surface area contributed by atoms with E-state index < -0.39 is 11.7 Å². The van der Waals surface area contributed by atoms with E-state index in [1.54, 1.807) is 32.0 Å². The maximum Gasteiger partial charge on any atom is 0.339 e. The Labute approximate surface area is 145 Å². The first-order valence-electron chi connectivity index (χ1n) is 8.22. The predicted octanol–water partition coefficient (Wildman–Crippen LogP) is 2.95. The summed E-state index contributed by atoms with van der Waals surface area (Å²) in [5.41, 5.74) is 1.13. The fourth-order valence-corrected chi connectivity index (χ4v) is 2.48. The number of fused-ring (bicyclic) bond motifs is 1. The van der Waals surface area contributed by atoms with Crippen LogP contribution in [0, 0.1) is 6.92 Å². The van der Waals surface area contributed by atoms with Gasteiger partial charge in [0, 0.05) is 23.4 Å².